The molecule has 170 valence electrons. The van der Waals surface area contributed by atoms with Crippen LogP contribution in [0, 0.1) is 0 Å². The number of hydrogen-bond donors (Lipinski definition) is 2. The SMILES string of the molecule is O=C(Nc1ccc(O)cc1)c1ccc(N2CCN(C(=O)c3cccc4ccccc34)CC2)cc1. The van der Waals surface area contributed by atoms with Gasteiger partial charge in [0.05, 0.1) is 0 Å². The predicted octanol–water partition coefficient (Wildman–Crippen LogP) is 4.76. The van der Waals surface area contributed by atoms with Crippen LogP contribution in [0.1, 0.15) is 20.7 Å². The van der Waals surface area contributed by atoms with E-state index in [9.17, 15) is 14.7 Å². The van der Waals surface area contributed by atoms with Crippen molar-refractivity contribution in [3.63, 3.8) is 0 Å². The second kappa shape index (κ2) is 9.27. The van der Waals surface area contributed by atoms with Gasteiger partial charge in [-0.3, -0.25) is 9.59 Å². The Balaban J connectivity index is 1.21. The van der Waals surface area contributed by atoms with Gasteiger partial charge >= 0.3 is 0 Å². The van der Waals surface area contributed by atoms with Gasteiger partial charge in [0.25, 0.3) is 11.8 Å². The zero-order valence-corrected chi connectivity index (χ0v) is 18.6. The number of nitrogens with one attached hydrogen (secondary N) is 1. The molecule has 1 saturated heterocycles. The molecule has 4 aromatic carbocycles. The van der Waals surface area contributed by atoms with Crippen LogP contribution in [0.4, 0.5) is 11.4 Å². The second-order valence-corrected chi connectivity index (χ2v) is 8.35. The van der Waals surface area contributed by atoms with E-state index in [0.717, 1.165) is 35.1 Å². The first-order valence-corrected chi connectivity index (χ1v) is 11.3. The number of nitrogens with zero attached hydrogens (tertiary/aromatic N) is 2. The predicted molar refractivity (Wildman–Crippen MR) is 135 cm³/mol. The summed E-state index contributed by atoms with van der Waals surface area (Å²) in [5.74, 6) is 0.0155. The van der Waals surface area contributed by atoms with Crippen LogP contribution in [0.15, 0.2) is 91.0 Å². The van der Waals surface area contributed by atoms with E-state index in [1.165, 1.54) is 12.1 Å². The third kappa shape index (κ3) is 4.43. The Morgan fingerprint density at radius 2 is 1.41 bits per heavy atom. The van der Waals surface area contributed by atoms with Crippen LogP contribution in [0.25, 0.3) is 10.8 Å². The Hall–Kier alpha value is -4.32. The molecule has 2 N–H and O–H groups in total. The Kier molecular flexibility index (Phi) is 5.87. The molecule has 0 aliphatic carbocycles. The quantitative estimate of drug-likeness (QED) is 0.439. The molecule has 0 atom stereocenters. The molecule has 1 heterocycles. The number of amides is 2. The molecule has 4 aromatic rings. The Labute approximate surface area is 198 Å². The first-order chi connectivity index (χ1) is 16.6. The molecule has 0 saturated carbocycles. The minimum absolute atomic E-state index is 0.0673. The van der Waals surface area contributed by atoms with Crippen LogP contribution >= 0.6 is 0 Å². The van der Waals surface area contributed by atoms with Gasteiger partial charge in [-0.1, -0.05) is 36.4 Å². The van der Waals surface area contributed by atoms with E-state index >= 15 is 0 Å². The van der Waals surface area contributed by atoms with Gasteiger partial charge in [0.2, 0.25) is 0 Å². The molecule has 5 rings (SSSR count). The van der Waals surface area contributed by atoms with E-state index < -0.39 is 0 Å². The van der Waals surface area contributed by atoms with E-state index in [-0.39, 0.29) is 17.6 Å². The first kappa shape index (κ1) is 21.5. The molecule has 0 unspecified atom stereocenters. The largest absolute Gasteiger partial charge is 0.508 e. The van der Waals surface area contributed by atoms with E-state index in [2.05, 4.69) is 10.2 Å². The minimum Gasteiger partial charge on any atom is -0.508 e. The molecule has 0 radical (unpaired) electrons. The summed E-state index contributed by atoms with van der Waals surface area (Å²) in [6.07, 6.45) is 0. The van der Waals surface area contributed by atoms with Crippen molar-refractivity contribution in [2.45, 2.75) is 0 Å². The standard InChI is InChI=1S/C28H25N3O3/c32-24-14-10-22(11-15-24)29-27(33)21-8-12-23(13-9-21)30-16-18-31(19-17-30)28(34)26-7-3-5-20-4-1-2-6-25(20)26/h1-15,32H,16-19H2,(H,29,33). The van der Waals surface area contributed by atoms with Gasteiger partial charge in [-0.25, -0.2) is 0 Å². The summed E-state index contributed by atoms with van der Waals surface area (Å²) in [5, 5.41) is 14.2. The molecule has 0 spiro atoms. The first-order valence-electron chi connectivity index (χ1n) is 11.3. The normalized spacial score (nSPS) is 13.6. The van der Waals surface area contributed by atoms with Crippen molar-refractivity contribution in [3.05, 3.63) is 102 Å². The van der Waals surface area contributed by atoms with Crippen molar-refractivity contribution in [1.82, 2.24) is 4.90 Å². The van der Waals surface area contributed by atoms with Gasteiger partial charge < -0.3 is 20.2 Å². The zero-order chi connectivity index (χ0) is 23.5. The third-order valence-electron chi connectivity index (χ3n) is 6.21. The molecule has 1 fully saturated rings. The summed E-state index contributed by atoms with van der Waals surface area (Å²) < 4.78 is 0. The molecular weight excluding hydrogens is 426 g/mol. The zero-order valence-electron chi connectivity index (χ0n) is 18.6. The van der Waals surface area contributed by atoms with Crippen molar-refractivity contribution >= 4 is 34.0 Å². The van der Waals surface area contributed by atoms with Gasteiger partial charge in [-0.2, -0.15) is 0 Å². The van der Waals surface area contributed by atoms with Crippen LogP contribution < -0.4 is 10.2 Å². The summed E-state index contributed by atoms with van der Waals surface area (Å²) >= 11 is 0. The molecule has 0 bridgehead atoms. The monoisotopic (exact) mass is 451 g/mol. The Morgan fingerprint density at radius 3 is 2.15 bits per heavy atom. The lowest BCUT2D eigenvalue weighted by atomic mass is 10.0. The Morgan fingerprint density at radius 1 is 0.735 bits per heavy atom. The van der Waals surface area contributed by atoms with Crippen molar-refractivity contribution in [3.8, 4) is 5.75 Å². The summed E-state index contributed by atoms with van der Waals surface area (Å²) in [5.41, 5.74) is 2.95. The number of anilines is 2. The maximum atomic E-state index is 13.2. The molecular formula is C28H25N3O3. The highest BCUT2D eigenvalue weighted by Gasteiger charge is 2.23. The maximum Gasteiger partial charge on any atom is 0.255 e. The van der Waals surface area contributed by atoms with E-state index in [1.807, 2.05) is 59.5 Å². The van der Waals surface area contributed by atoms with Crippen LogP contribution in [-0.4, -0.2) is 48.0 Å². The van der Waals surface area contributed by atoms with Gasteiger partial charge in [-0.15, -0.1) is 0 Å². The second-order valence-electron chi connectivity index (χ2n) is 8.35. The van der Waals surface area contributed by atoms with Crippen LogP contribution in [0.2, 0.25) is 0 Å². The van der Waals surface area contributed by atoms with E-state index in [4.69, 9.17) is 0 Å². The van der Waals surface area contributed by atoms with Crippen LogP contribution in [-0.2, 0) is 0 Å². The van der Waals surface area contributed by atoms with Crippen LogP contribution in [0.5, 0.6) is 5.75 Å². The molecule has 1 aliphatic heterocycles. The minimum atomic E-state index is -0.206. The number of fused-ring (bicyclic) bond motifs is 1. The summed E-state index contributed by atoms with van der Waals surface area (Å²) in [7, 11) is 0. The lowest BCUT2D eigenvalue weighted by Gasteiger charge is -2.36. The summed E-state index contributed by atoms with van der Waals surface area (Å²) in [4.78, 5) is 29.8. The smallest absolute Gasteiger partial charge is 0.255 e. The van der Waals surface area contributed by atoms with E-state index in [0.29, 0.717) is 24.3 Å². The van der Waals surface area contributed by atoms with Crippen molar-refractivity contribution in [2.24, 2.45) is 0 Å². The molecule has 6 heteroatoms. The molecule has 34 heavy (non-hydrogen) atoms. The number of phenolic OH excluding ortho intramolecular Hbond substituents is 1. The van der Waals surface area contributed by atoms with Gasteiger partial charge in [0.1, 0.15) is 5.75 Å². The fraction of sp³-hybridized carbons (Fsp3) is 0.143. The lowest BCUT2D eigenvalue weighted by molar-refractivity contribution is 0.0748. The summed E-state index contributed by atoms with van der Waals surface area (Å²) in [6.45, 7) is 2.75. The fourth-order valence-electron chi connectivity index (χ4n) is 4.32. The van der Waals surface area contributed by atoms with Crippen molar-refractivity contribution in [2.75, 3.05) is 36.4 Å². The molecule has 2 amide bonds. The highest BCUT2D eigenvalue weighted by Crippen LogP contribution is 2.23. The van der Waals surface area contributed by atoms with Crippen LogP contribution in [0.3, 0.4) is 0 Å². The van der Waals surface area contributed by atoms with Crippen molar-refractivity contribution in [1.29, 1.82) is 0 Å². The number of rotatable bonds is 4. The maximum absolute atomic E-state index is 13.2. The number of piperazine rings is 1. The van der Waals surface area contributed by atoms with Gasteiger partial charge in [0, 0.05) is 48.7 Å². The van der Waals surface area contributed by atoms with Crippen molar-refractivity contribution < 1.29 is 14.7 Å². The highest BCUT2D eigenvalue weighted by atomic mass is 16.3. The average Bonchev–Trinajstić information content (AvgIpc) is 2.89. The number of carbonyl (C=O) groups excluding carboxylic acids is 2. The number of carbonyl (C=O) groups is 2. The molecule has 1 aliphatic rings. The van der Waals surface area contributed by atoms with E-state index in [1.54, 1.807) is 24.3 Å². The average molecular weight is 452 g/mol. The number of phenols is 1. The number of hydrogen-bond acceptors (Lipinski definition) is 4. The number of aromatic hydroxyl groups is 1. The topological polar surface area (TPSA) is 72.9 Å². The molecule has 6 nitrogen and oxygen atoms in total. The Bertz CT molecular complexity index is 1320. The highest BCUT2D eigenvalue weighted by molar-refractivity contribution is 6.07. The third-order valence-corrected chi connectivity index (χ3v) is 6.21. The summed E-state index contributed by atoms with van der Waals surface area (Å²) in [6, 6.07) is 27.7. The fourth-order valence-corrected chi connectivity index (χ4v) is 4.32. The van der Waals surface area contributed by atoms with Gasteiger partial charge in [0.15, 0.2) is 0 Å². The molecule has 0 aromatic heterocycles. The lowest BCUT2D eigenvalue weighted by Crippen LogP contribution is -2.48. The van der Waals surface area contributed by atoms with Gasteiger partial charge in [-0.05, 0) is 65.4 Å². The number of benzene rings is 4.